The lowest BCUT2D eigenvalue weighted by Crippen LogP contribution is -2.17. The van der Waals surface area contributed by atoms with Crippen molar-refractivity contribution in [1.29, 1.82) is 0 Å². The molecule has 0 spiro atoms. The Morgan fingerprint density at radius 3 is 2.90 bits per heavy atom. The topological polar surface area (TPSA) is 70.2 Å². The molecular formula is C21H22FN3O3S. The molecule has 1 aromatic carbocycles. The quantitative estimate of drug-likeness (QED) is 0.419. The second-order valence-electron chi connectivity index (χ2n) is 7.10. The molecule has 0 saturated carbocycles. The van der Waals surface area contributed by atoms with Crippen molar-refractivity contribution in [3.63, 3.8) is 0 Å². The van der Waals surface area contributed by atoms with E-state index in [4.69, 9.17) is 9.15 Å². The van der Waals surface area contributed by atoms with Gasteiger partial charge >= 0.3 is 0 Å². The van der Waals surface area contributed by atoms with E-state index in [0.717, 1.165) is 49.1 Å². The number of rotatable bonds is 7. The number of nitrogens with zero attached hydrogens (tertiary/aromatic N) is 3. The molecule has 1 atom stereocenters. The van der Waals surface area contributed by atoms with Crippen LogP contribution in [0.5, 0.6) is 0 Å². The Kier molecular flexibility index (Phi) is 5.82. The minimum absolute atomic E-state index is 0.00710. The van der Waals surface area contributed by atoms with E-state index in [1.807, 2.05) is 19.9 Å². The monoisotopic (exact) mass is 415 g/mol. The fraction of sp³-hybridized carbons (Fsp3) is 0.381. The third-order valence-electron chi connectivity index (χ3n) is 5.12. The molecule has 0 N–H and O–H groups in total. The van der Waals surface area contributed by atoms with E-state index >= 15 is 0 Å². The molecule has 4 rings (SSSR count). The lowest BCUT2D eigenvalue weighted by molar-refractivity contribution is 0.0957. The minimum atomic E-state index is -0.428. The summed E-state index contributed by atoms with van der Waals surface area (Å²) in [6, 6.07) is 8.13. The molecule has 0 amide bonds. The third kappa shape index (κ3) is 4.28. The van der Waals surface area contributed by atoms with Crippen LogP contribution in [0.25, 0.3) is 11.5 Å². The van der Waals surface area contributed by atoms with Crippen molar-refractivity contribution in [1.82, 2.24) is 14.8 Å². The van der Waals surface area contributed by atoms with Crippen molar-refractivity contribution >= 4 is 17.5 Å². The van der Waals surface area contributed by atoms with Gasteiger partial charge in [0.15, 0.2) is 5.78 Å². The first-order chi connectivity index (χ1) is 14.0. The number of carbonyl (C=O) groups is 1. The summed E-state index contributed by atoms with van der Waals surface area (Å²) in [6.45, 7) is 5.55. The highest BCUT2D eigenvalue weighted by molar-refractivity contribution is 7.99. The normalized spacial score (nSPS) is 16.4. The van der Waals surface area contributed by atoms with Crippen LogP contribution in [-0.2, 0) is 11.3 Å². The Labute approximate surface area is 172 Å². The van der Waals surface area contributed by atoms with Gasteiger partial charge in [0.1, 0.15) is 5.82 Å². The lowest BCUT2D eigenvalue weighted by atomic mass is 10.2. The van der Waals surface area contributed by atoms with Gasteiger partial charge in [0.25, 0.3) is 11.1 Å². The van der Waals surface area contributed by atoms with Crippen LogP contribution in [0.3, 0.4) is 0 Å². The summed E-state index contributed by atoms with van der Waals surface area (Å²) in [4.78, 5) is 12.8. The largest absolute Gasteiger partial charge is 0.411 e. The number of thioether (sulfide) groups is 1. The maximum absolute atomic E-state index is 13.9. The number of ketones is 1. The van der Waals surface area contributed by atoms with Crippen molar-refractivity contribution in [2.24, 2.45) is 0 Å². The molecule has 152 valence electrons. The van der Waals surface area contributed by atoms with Gasteiger partial charge in [-0.3, -0.25) is 4.79 Å². The molecule has 29 heavy (non-hydrogen) atoms. The van der Waals surface area contributed by atoms with Gasteiger partial charge in [-0.1, -0.05) is 23.9 Å². The fourth-order valence-corrected chi connectivity index (χ4v) is 4.22. The van der Waals surface area contributed by atoms with Crippen LogP contribution in [0.2, 0.25) is 0 Å². The molecule has 0 bridgehead atoms. The summed E-state index contributed by atoms with van der Waals surface area (Å²) in [7, 11) is 0. The summed E-state index contributed by atoms with van der Waals surface area (Å²) in [6.07, 6.45) is 2.36. The molecule has 1 fully saturated rings. The molecule has 1 aliphatic rings. The number of ether oxygens (including phenoxy) is 1. The number of carbonyl (C=O) groups excluding carboxylic acids is 1. The number of halogens is 1. The van der Waals surface area contributed by atoms with Gasteiger partial charge in [-0.05, 0) is 44.9 Å². The van der Waals surface area contributed by atoms with Crippen LogP contribution in [0.1, 0.15) is 34.6 Å². The maximum Gasteiger partial charge on any atom is 0.277 e. The van der Waals surface area contributed by atoms with Crippen LogP contribution in [0.4, 0.5) is 4.39 Å². The average Bonchev–Trinajstić information content (AvgIpc) is 3.44. The second kappa shape index (κ2) is 8.51. The fourth-order valence-electron chi connectivity index (χ4n) is 3.57. The van der Waals surface area contributed by atoms with Gasteiger partial charge in [-0.2, -0.15) is 0 Å². The van der Waals surface area contributed by atoms with E-state index in [1.54, 1.807) is 18.2 Å². The van der Waals surface area contributed by atoms with Crippen LogP contribution in [-0.4, -0.2) is 39.0 Å². The van der Waals surface area contributed by atoms with Crippen LogP contribution in [0, 0.1) is 19.7 Å². The summed E-state index contributed by atoms with van der Waals surface area (Å²) >= 11 is 1.16. The molecule has 0 radical (unpaired) electrons. The van der Waals surface area contributed by atoms with Crippen LogP contribution >= 0.6 is 11.8 Å². The predicted molar refractivity (Wildman–Crippen MR) is 108 cm³/mol. The molecular weight excluding hydrogens is 393 g/mol. The number of aryl methyl sites for hydroxylation is 1. The smallest absolute Gasteiger partial charge is 0.277 e. The maximum atomic E-state index is 13.9. The van der Waals surface area contributed by atoms with Gasteiger partial charge < -0.3 is 13.7 Å². The van der Waals surface area contributed by atoms with E-state index in [9.17, 15) is 9.18 Å². The first-order valence-corrected chi connectivity index (χ1v) is 10.5. The molecule has 0 unspecified atom stereocenters. The zero-order chi connectivity index (χ0) is 20.4. The highest BCUT2D eigenvalue weighted by atomic mass is 32.2. The Bertz CT molecular complexity index is 1020. The van der Waals surface area contributed by atoms with Crippen molar-refractivity contribution in [3.8, 4) is 11.5 Å². The third-order valence-corrected chi connectivity index (χ3v) is 5.94. The number of benzene rings is 1. The van der Waals surface area contributed by atoms with Gasteiger partial charge in [-0.25, -0.2) is 4.39 Å². The zero-order valence-electron chi connectivity index (χ0n) is 16.4. The van der Waals surface area contributed by atoms with Crippen molar-refractivity contribution in [3.05, 3.63) is 53.1 Å². The van der Waals surface area contributed by atoms with Crippen LogP contribution < -0.4 is 0 Å². The van der Waals surface area contributed by atoms with Gasteiger partial charge in [-0.15, -0.1) is 10.2 Å². The Balaban J connectivity index is 1.42. The highest BCUT2D eigenvalue weighted by Crippen LogP contribution is 2.27. The van der Waals surface area contributed by atoms with Crippen molar-refractivity contribution < 1.29 is 18.3 Å². The number of Topliss-reactive ketones (excluding diaryl/α,β-unsaturated/α-hetero) is 1. The SMILES string of the molecule is Cc1cc(C(=O)CSc2nnc(-c3ccccc3F)o2)c(C)n1C[C@@H]1CCCO1. The average molecular weight is 415 g/mol. The van der Waals surface area contributed by atoms with Gasteiger partial charge in [0.05, 0.1) is 17.4 Å². The van der Waals surface area contributed by atoms with Gasteiger partial charge in [0.2, 0.25) is 0 Å². The van der Waals surface area contributed by atoms with E-state index in [0.29, 0.717) is 5.56 Å². The summed E-state index contributed by atoms with van der Waals surface area (Å²) in [5.41, 5.74) is 2.94. The van der Waals surface area contributed by atoms with Crippen molar-refractivity contribution in [2.45, 2.75) is 44.6 Å². The molecule has 8 heteroatoms. The van der Waals surface area contributed by atoms with E-state index in [-0.39, 0.29) is 34.3 Å². The molecule has 1 saturated heterocycles. The van der Waals surface area contributed by atoms with Crippen molar-refractivity contribution in [2.75, 3.05) is 12.4 Å². The Morgan fingerprint density at radius 2 is 2.14 bits per heavy atom. The second-order valence-corrected chi connectivity index (χ2v) is 8.02. The lowest BCUT2D eigenvalue weighted by Gasteiger charge is -2.14. The molecule has 1 aliphatic heterocycles. The predicted octanol–water partition coefficient (Wildman–Crippen LogP) is 4.45. The number of aromatic nitrogens is 3. The molecule has 6 nitrogen and oxygen atoms in total. The first kappa shape index (κ1) is 19.8. The first-order valence-electron chi connectivity index (χ1n) is 9.55. The Hall–Kier alpha value is -2.45. The van der Waals surface area contributed by atoms with E-state index in [1.165, 1.54) is 6.07 Å². The number of hydrogen-bond donors (Lipinski definition) is 0. The molecule has 3 heterocycles. The minimum Gasteiger partial charge on any atom is -0.411 e. The van der Waals surface area contributed by atoms with Crippen LogP contribution in [0.15, 0.2) is 40.0 Å². The van der Waals surface area contributed by atoms with Gasteiger partial charge in [0, 0.05) is 30.1 Å². The standard InChI is InChI=1S/C21H22FN3O3S/c1-13-10-17(14(2)25(13)11-15-6-5-9-27-15)19(26)12-29-21-24-23-20(28-21)16-7-3-4-8-18(16)22/h3-4,7-8,10,15H,5-6,9,11-12H2,1-2H3/t15-/m0/s1. The number of hydrogen-bond acceptors (Lipinski definition) is 6. The summed E-state index contributed by atoms with van der Waals surface area (Å²) in [5, 5.41) is 8.04. The summed E-state index contributed by atoms with van der Waals surface area (Å²) in [5.74, 6) is -0.161. The van der Waals surface area contributed by atoms with E-state index < -0.39 is 5.82 Å². The molecule has 0 aliphatic carbocycles. The highest BCUT2D eigenvalue weighted by Gasteiger charge is 2.22. The Morgan fingerprint density at radius 1 is 1.31 bits per heavy atom. The zero-order valence-corrected chi connectivity index (χ0v) is 17.2. The molecule has 3 aromatic rings. The summed E-state index contributed by atoms with van der Waals surface area (Å²) < 4.78 is 27.2. The molecule has 2 aromatic heterocycles. The van der Waals surface area contributed by atoms with E-state index in [2.05, 4.69) is 14.8 Å².